The molecule has 0 aromatic heterocycles. The summed E-state index contributed by atoms with van der Waals surface area (Å²) in [5.74, 6) is -0.828. The molecule has 0 atom stereocenters. The maximum atomic E-state index is 13.0. The summed E-state index contributed by atoms with van der Waals surface area (Å²) in [5.41, 5.74) is 0.533. The zero-order valence-corrected chi connectivity index (χ0v) is 7.65. The van der Waals surface area contributed by atoms with E-state index in [-0.39, 0.29) is 5.75 Å². The van der Waals surface area contributed by atoms with Gasteiger partial charge in [-0.05, 0) is 34.0 Å². The molecule has 0 aliphatic heterocycles. The van der Waals surface area contributed by atoms with Crippen molar-refractivity contribution in [2.45, 2.75) is 13.3 Å². The molecule has 0 unspecified atom stereocenters. The lowest BCUT2D eigenvalue weighted by Gasteiger charge is -2.02. The minimum absolute atomic E-state index is 0.302. The fourth-order valence-corrected chi connectivity index (χ4v) is 1.16. The van der Waals surface area contributed by atoms with Gasteiger partial charge in [-0.15, -0.1) is 0 Å². The molecule has 0 aliphatic carbocycles. The molecular weight excluding hydrogens is 211 g/mol. The second kappa shape index (κ2) is 3.22. The van der Waals surface area contributed by atoms with Gasteiger partial charge in [-0.3, -0.25) is 0 Å². The summed E-state index contributed by atoms with van der Waals surface area (Å²) in [5, 5.41) is 9.10. The molecule has 0 radical (unpaired) electrons. The summed E-state index contributed by atoms with van der Waals surface area (Å²) in [7, 11) is 0. The SMILES string of the molecule is CCc1ccc(Br)c(O)c1F. The Kier molecular flexibility index (Phi) is 2.49. The Hall–Kier alpha value is -0.570. The number of hydrogen-bond acceptors (Lipinski definition) is 1. The number of phenolic OH excluding ortho intramolecular Hbond substituents is 1. The van der Waals surface area contributed by atoms with Crippen LogP contribution in [0.15, 0.2) is 16.6 Å². The van der Waals surface area contributed by atoms with Gasteiger partial charge >= 0.3 is 0 Å². The second-order valence-electron chi connectivity index (χ2n) is 2.22. The van der Waals surface area contributed by atoms with Crippen LogP contribution in [-0.2, 0) is 6.42 Å². The Bertz CT molecular complexity index is 273. The number of phenols is 1. The molecule has 0 amide bonds. The highest BCUT2D eigenvalue weighted by Gasteiger charge is 2.08. The Morgan fingerprint density at radius 2 is 2.18 bits per heavy atom. The van der Waals surface area contributed by atoms with Crippen LogP contribution in [0.3, 0.4) is 0 Å². The van der Waals surface area contributed by atoms with Gasteiger partial charge in [0.1, 0.15) is 0 Å². The van der Waals surface area contributed by atoms with Crippen LogP contribution in [-0.4, -0.2) is 5.11 Å². The van der Waals surface area contributed by atoms with E-state index in [2.05, 4.69) is 15.9 Å². The van der Waals surface area contributed by atoms with Crippen LogP contribution in [0, 0.1) is 5.82 Å². The van der Waals surface area contributed by atoms with Crippen LogP contribution < -0.4 is 0 Å². The molecule has 60 valence electrons. The Morgan fingerprint density at radius 1 is 1.55 bits per heavy atom. The predicted octanol–water partition coefficient (Wildman–Crippen LogP) is 2.86. The molecule has 0 bridgehead atoms. The summed E-state index contributed by atoms with van der Waals surface area (Å²) in [6, 6.07) is 3.29. The summed E-state index contributed by atoms with van der Waals surface area (Å²) >= 11 is 3.02. The van der Waals surface area contributed by atoms with E-state index in [9.17, 15) is 4.39 Å². The fourth-order valence-electron chi connectivity index (χ4n) is 0.856. The van der Waals surface area contributed by atoms with Crippen LogP contribution in [0.4, 0.5) is 4.39 Å². The van der Waals surface area contributed by atoms with Gasteiger partial charge < -0.3 is 5.11 Å². The molecule has 11 heavy (non-hydrogen) atoms. The van der Waals surface area contributed by atoms with Gasteiger partial charge in [0.15, 0.2) is 11.6 Å². The first-order valence-electron chi connectivity index (χ1n) is 3.32. The van der Waals surface area contributed by atoms with E-state index in [4.69, 9.17) is 5.11 Å². The zero-order valence-electron chi connectivity index (χ0n) is 6.06. The topological polar surface area (TPSA) is 20.2 Å². The van der Waals surface area contributed by atoms with Crippen molar-refractivity contribution in [3.05, 3.63) is 28.0 Å². The van der Waals surface area contributed by atoms with Gasteiger partial charge in [0.25, 0.3) is 0 Å². The fraction of sp³-hybridized carbons (Fsp3) is 0.250. The predicted molar refractivity (Wildman–Crippen MR) is 45.1 cm³/mol. The molecule has 1 N–H and O–H groups in total. The highest BCUT2D eigenvalue weighted by Crippen LogP contribution is 2.28. The van der Waals surface area contributed by atoms with Crippen LogP contribution in [0.1, 0.15) is 12.5 Å². The van der Waals surface area contributed by atoms with Crippen LogP contribution in [0.5, 0.6) is 5.75 Å². The summed E-state index contributed by atoms with van der Waals surface area (Å²) in [6.45, 7) is 1.84. The molecule has 1 aromatic carbocycles. The average molecular weight is 219 g/mol. The van der Waals surface area contributed by atoms with E-state index in [1.165, 1.54) is 0 Å². The molecule has 0 saturated heterocycles. The number of halogens is 2. The van der Waals surface area contributed by atoms with Crippen molar-refractivity contribution in [1.82, 2.24) is 0 Å². The van der Waals surface area contributed by atoms with E-state index in [0.29, 0.717) is 16.5 Å². The van der Waals surface area contributed by atoms with E-state index in [0.717, 1.165) is 0 Å². The normalized spacial score (nSPS) is 10.1. The zero-order chi connectivity index (χ0) is 8.43. The summed E-state index contributed by atoms with van der Waals surface area (Å²) in [4.78, 5) is 0. The minimum atomic E-state index is -0.526. The molecule has 0 heterocycles. The Morgan fingerprint density at radius 3 is 2.73 bits per heavy atom. The van der Waals surface area contributed by atoms with Crippen molar-refractivity contribution in [2.24, 2.45) is 0 Å². The van der Waals surface area contributed by atoms with Crippen molar-refractivity contribution in [3.63, 3.8) is 0 Å². The third-order valence-electron chi connectivity index (χ3n) is 1.53. The van der Waals surface area contributed by atoms with E-state index in [1.807, 2.05) is 6.92 Å². The molecule has 0 spiro atoms. The number of aryl methyl sites for hydroxylation is 1. The molecule has 3 heteroatoms. The molecular formula is C8H8BrFO. The van der Waals surface area contributed by atoms with Gasteiger partial charge in [-0.1, -0.05) is 13.0 Å². The maximum Gasteiger partial charge on any atom is 0.169 e. The van der Waals surface area contributed by atoms with Gasteiger partial charge in [0, 0.05) is 0 Å². The molecule has 0 aliphatic rings. The molecule has 0 fully saturated rings. The van der Waals surface area contributed by atoms with Crippen molar-refractivity contribution in [2.75, 3.05) is 0 Å². The van der Waals surface area contributed by atoms with Crippen molar-refractivity contribution < 1.29 is 9.50 Å². The van der Waals surface area contributed by atoms with Gasteiger partial charge in [-0.25, -0.2) is 4.39 Å². The molecule has 1 nitrogen and oxygen atoms in total. The lowest BCUT2D eigenvalue weighted by Crippen LogP contribution is -1.87. The van der Waals surface area contributed by atoms with Crippen molar-refractivity contribution in [3.8, 4) is 5.75 Å². The first kappa shape index (κ1) is 8.53. The minimum Gasteiger partial charge on any atom is -0.504 e. The van der Waals surface area contributed by atoms with Crippen molar-refractivity contribution in [1.29, 1.82) is 0 Å². The number of aromatic hydroxyl groups is 1. The van der Waals surface area contributed by atoms with Crippen LogP contribution in [0.2, 0.25) is 0 Å². The van der Waals surface area contributed by atoms with Crippen molar-refractivity contribution >= 4 is 15.9 Å². The number of rotatable bonds is 1. The van der Waals surface area contributed by atoms with E-state index >= 15 is 0 Å². The van der Waals surface area contributed by atoms with Gasteiger partial charge in [0.05, 0.1) is 4.47 Å². The first-order valence-corrected chi connectivity index (χ1v) is 4.12. The second-order valence-corrected chi connectivity index (χ2v) is 3.08. The van der Waals surface area contributed by atoms with Gasteiger partial charge in [0.2, 0.25) is 0 Å². The van der Waals surface area contributed by atoms with E-state index in [1.54, 1.807) is 12.1 Å². The molecule has 1 aromatic rings. The van der Waals surface area contributed by atoms with Gasteiger partial charge in [-0.2, -0.15) is 0 Å². The quantitative estimate of drug-likeness (QED) is 0.769. The maximum absolute atomic E-state index is 13.0. The largest absolute Gasteiger partial charge is 0.504 e. The van der Waals surface area contributed by atoms with Crippen LogP contribution in [0.25, 0.3) is 0 Å². The Balaban J connectivity index is 3.25. The standard InChI is InChI=1S/C8H8BrFO/c1-2-5-3-4-6(9)8(11)7(5)10/h3-4,11H,2H2,1H3. The number of benzene rings is 1. The lowest BCUT2D eigenvalue weighted by atomic mass is 10.1. The smallest absolute Gasteiger partial charge is 0.169 e. The van der Waals surface area contributed by atoms with Crippen LogP contribution >= 0.6 is 15.9 Å². The first-order chi connectivity index (χ1) is 5.16. The Labute approximate surface area is 73.0 Å². The third kappa shape index (κ3) is 1.53. The third-order valence-corrected chi connectivity index (χ3v) is 2.17. The summed E-state index contributed by atoms with van der Waals surface area (Å²) < 4.78 is 13.4. The summed E-state index contributed by atoms with van der Waals surface area (Å²) in [6.07, 6.45) is 0.590. The monoisotopic (exact) mass is 218 g/mol. The highest BCUT2D eigenvalue weighted by atomic mass is 79.9. The molecule has 0 saturated carbocycles. The number of hydrogen-bond donors (Lipinski definition) is 1. The lowest BCUT2D eigenvalue weighted by molar-refractivity contribution is 0.425. The average Bonchev–Trinajstić information content (AvgIpc) is 2.01. The molecule has 1 rings (SSSR count). The highest BCUT2D eigenvalue weighted by molar-refractivity contribution is 9.10. The van der Waals surface area contributed by atoms with E-state index < -0.39 is 5.82 Å².